The zero-order valence-electron chi connectivity index (χ0n) is 20.0. The minimum Gasteiger partial charge on any atom is -0.381 e. The van der Waals surface area contributed by atoms with E-state index in [0.29, 0.717) is 12.1 Å². The van der Waals surface area contributed by atoms with Crippen molar-refractivity contribution in [3.8, 4) is 0 Å². The standard InChI is InChI=1S/C27H38N4O.HI/c1-22-19-25(13-16-31(22)20-23-9-5-3-6-10-23)30-26(28-2)29-21-27(14-17-32-18-15-27)24-11-7-4-8-12-24;/h3-12,22,25H,13-21H2,1-2H3,(H2,28,29,30);1H. The number of aliphatic imine (C=N–C) groups is 1. The van der Waals surface area contributed by atoms with E-state index in [1.54, 1.807) is 0 Å². The Morgan fingerprint density at radius 3 is 2.36 bits per heavy atom. The molecule has 2 unspecified atom stereocenters. The maximum absolute atomic E-state index is 5.69. The highest BCUT2D eigenvalue weighted by atomic mass is 127. The average molecular weight is 563 g/mol. The molecule has 0 bridgehead atoms. The molecule has 0 saturated carbocycles. The fourth-order valence-corrected chi connectivity index (χ4v) is 5.17. The van der Waals surface area contributed by atoms with E-state index >= 15 is 0 Å². The van der Waals surface area contributed by atoms with Crippen LogP contribution in [0.15, 0.2) is 65.7 Å². The predicted octanol–water partition coefficient (Wildman–Crippen LogP) is 4.57. The van der Waals surface area contributed by atoms with Crippen LogP contribution in [0.25, 0.3) is 0 Å². The molecular weight excluding hydrogens is 523 g/mol. The molecule has 2 aromatic rings. The number of ether oxygens (including phenoxy) is 1. The quantitative estimate of drug-likeness (QED) is 0.308. The van der Waals surface area contributed by atoms with E-state index in [1.165, 1.54) is 11.1 Å². The molecular formula is C27H39IN4O. The fraction of sp³-hybridized carbons (Fsp3) is 0.519. The van der Waals surface area contributed by atoms with Crippen LogP contribution in [-0.2, 0) is 16.7 Å². The summed E-state index contributed by atoms with van der Waals surface area (Å²) in [6.45, 7) is 7.00. The summed E-state index contributed by atoms with van der Waals surface area (Å²) in [6, 6.07) is 22.7. The second-order valence-corrected chi connectivity index (χ2v) is 9.36. The molecule has 6 heteroatoms. The van der Waals surface area contributed by atoms with Crippen molar-refractivity contribution in [3.63, 3.8) is 0 Å². The topological polar surface area (TPSA) is 48.9 Å². The van der Waals surface area contributed by atoms with Gasteiger partial charge in [0.05, 0.1) is 0 Å². The predicted molar refractivity (Wildman–Crippen MR) is 147 cm³/mol. The lowest BCUT2D eigenvalue weighted by Gasteiger charge is -2.40. The monoisotopic (exact) mass is 562 g/mol. The first kappa shape index (κ1) is 26.0. The number of hydrogen-bond donors (Lipinski definition) is 2. The van der Waals surface area contributed by atoms with Crippen LogP contribution in [0.1, 0.15) is 43.7 Å². The van der Waals surface area contributed by atoms with Crippen LogP contribution in [0.2, 0.25) is 0 Å². The Morgan fingerprint density at radius 2 is 1.73 bits per heavy atom. The Morgan fingerprint density at radius 1 is 1.06 bits per heavy atom. The lowest BCUT2D eigenvalue weighted by molar-refractivity contribution is 0.0513. The normalized spacial score (nSPS) is 23.4. The minimum atomic E-state index is 0. The second-order valence-electron chi connectivity index (χ2n) is 9.36. The summed E-state index contributed by atoms with van der Waals surface area (Å²) >= 11 is 0. The summed E-state index contributed by atoms with van der Waals surface area (Å²) in [5.74, 6) is 0.917. The van der Waals surface area contributed by atoms with Crippen molar-refractivity contribution >= 4 is 29.9 Å². The first-order valence-electron chi connectivity index (χ1n) is 12.1. The molecule has 2 heterocycles. The van der Waals surface area contributed by atoms with Crippen molar-refractivity contribution in [1.82, 2.24) is 15.5 Å². The molecule has 33 heavy (non-hydrogen) atoms. The number of nitrogens with zero attached hydrogens (tertiary/aromatic N) is 2. The summed E-state index contributed by atoms with van der Waals surface area (Å²) in [7, 11) is 1.88. The molecule has 2 aliphatic rings. The summed E-state index contributed by atoms with van der Waals surface area (Å²) in [5.41, 5.74) is 2.89. The van der Waals surface area contributed by atoms with Crippen LogP contribution in [0.4, 0.5) is 0 Å². The average Bonchev–Trinajstić information content (AvgIpc) is 2.85. The van der Waals surface area contributed by atoms with Crippen LogP contribution in [0.3, 0.4) is 0 Å². The minimum absolute atomic E-state index is 0. The number of halogens is 1. The zero-order valence-corrected chi connectivity index (χ0v) is 22.3. The van der Waals surface area contributed by atoms with Crippen LogP contribution in [-0.4, -0.2) is 56.3 Å². The Balaban J connectivity index is 0.00000306. The van der Waals surface area contributed by atoms with Crippen LogP contribution >= 0.6 is 24.0 Å². The Labute approximate surface area is 216 Å². The van der Waals surface area contributed by atoms with E-state index in [9.17, 15) is 0 Å². The Hall–Kier alpha value is -1.64. The van der Waals surface area contributed by atoms with Gasteiger partial charge in [0, 0.05) is 57.4 Å². The van der Waals surface area contributed by atoms with Gasteiger partial charge in [-0.05, 0) is 43.7 Å². The van der Waals surface area contributed by atoms with Gasteiger partial charge < -0.3 is 15.4 Å². The largest absolute Gasteiger partial charge is 0.381 e. The molecule has 0 amide bonds. The lowest BCUT2D eigenvalue weighted by Crippen LogP contribution is -2.53. The van der Waals surface area contributed by atoms with Crippen molar-refractivity contribution in [2.24, 2.45) is 4.99 Å². The molecule has 0 aromatic heterocycles. The third-order valence-corrected chi connectivity index (χ3v) is 7.24. The smallest absolute Gasteiger partial charge is 0.191 e. The van der Waals surface area contributed by atoms with Crippen molar-refractivity contribution < 1.29 is 4.74 Å². The molecule has 2 aliphatic heterocycles. The van der Waals surface area contributed by atoms with E-state index < -0.39 is 0 Å². The van der Waals surface area contributed by atoms with E-state index in [2.05, 4.69) is 88.1 Å². The van der Waals surface area contributed by atoms with Crippen LogP contribution in [0, 0.1) is 0 Å². The molecule has 180 valence electrons. The third-order valence-electron chi connectivity index (χ3n) is 7.24. The van der Waals surface area contributed by atoms with Crippen molar-refractivity contribution in [1.29, 1.82) is 0 Å². The molecule has 2 fully saturated rings. The highest BCUT2D eigenvalue weighted by Gasteiger charge is 2.35. The molecule has 0 radical (unpaired) electrons. The zero-order chi connectivity index (χ0) is 22.2. The van der Waals surface area contributed by atoms with Crippen LogP contribution in [0.5, 0.6) is 0 Å². The third kappa shape index (κ3) is 6.93. The number of guanidine groups is 1. The van der Waals surface area contributed by atoms with Crippen molar-refractivity contribution in [2.45, 2.75) is 56.7 Å². The number of likely N-dealkylation sites (tertiary alicyclic amines) is 1. The second kappa shape index (κ2) is 12.7. The van der Waals surface area contributed by atoms with E-state index in [0.717, 1.165) is 64.5 Å². The Bertz CT molecular complexity index is 855. The van der Waals surface area contributed by atoms with Gasteiger partial charge in [0.2, 0.25) is 0 Å². The lowest BCUT2D eigenvalue weighted by atomic mass is 9.74. The highest BCUT2D eigenvalue weighted by molar-refractivity contribution is 14.0. The van der Waals surface area contributed by atoms with Gasteiger partial charge in [-0.3, -0.25) is 9.89 Å². The molecule has 2 atom stereocenters. The van der Waals surface area contributed by atoms with Gasteiger partial charge in [0.1, 0.15) is 0 Å². The maximum atomic E-state index is 5.69. The molecule has 0 spiro atoms. The van der Waals surface area contributed by atoms with Gasteiger partial charge in [-0.15, -0.1) is 24.0 Å². The summed E-state index contributed by atoms with van der Waals surface area (Å²) in [4.78, 5) is 7.15. The van der Waals surface area contributed by atoms with E-state index in [1.807, 2.05) is 7.05 Å². The summed E-state index contributed by atoms with van der Waals surface area (Å²) in [5, 5.41) is 7.37. The fourth-order valence-electron chi connectivity index (χ4n) is 5.17. The number of benzene rings is 2. The molecule has 2 N–H and O–H groups in total. The van der Waals surface area contributed by atoms with Gasteiger partial charge in [0.15, 0.2) is 5.96 Å². The first-order valence-corrected chi connectivity index (χ1v) is 12.1. The van der Waals surface area contributed by atoms with Crippen molar-refractivity contribution in [3.05, 3.63) is 71.8 Å². The van der Waals surface area contributed by atoms with Gasteiger partial charge >= 0.3 is 0 Å². The molecule has 4 rings (SSSR count). The number of nitrogens with one attached hydrogen (secondary N) is 2. The summed E-state index contributed by atoms with van der Waals surface area (Å²) < 4.78 is 5.69. The number of piperidine rings is 1. The molecule has 2 saturated heterocycles. The van der Waals surface area contributed by atoms with E-state index in [-0.39, 0.29) is 29.4 Å². The number of hydrogen-bond acceptors (Lipinski definition) is 3. The molecule has 0 aliphatic carbocycles. The van der Waals surface area contributed by atoms with Gasteiger partial charge in [-0.25, -0.2) is 0 Å². The summed E-state index contributed by atoms with van der Waals surface area (Å²) in [6.07, 6.45) is 4.34. The van der Waals surface area contributed by atoms with Gasteiger partial charge in [-0.2, -0.15) is 0 Å². The number of rotatable bonds is 6. The highest BCUT2D eigenvalue weighted by Crippen LogP contribution is 2.34. The van der Waals surface area contributed by atoms with Crippen molar-refractivity contribution in [2.75, 3.05) is 33.4 Å². The molecule has 5 nitrogen and oxygen atoms in total. The Kier molecular flexibility index (Phi) is 10.0. The van der Waals surface area contributed by atoms with E-state index in [4.69, 9.17) is 4.74 Å². The maximum Gasteiger partial charge on any atom is 0.191 e. The van der Waals surface area contributed by atoms with Crippen LogP contribution < -0.4 is 10.6 Å². The van der Waals surface area contributed by atoms with Gasteiger partial charge in [0.25, 0.3) is 0 Å². The molecule has 2 aromatic carbocycles. The van der Waals surface area contributed by atoms with Gasteiger partial charge in [-0.1, -0.05) is 60.7 Å². The first-order chi connectivity index (χ1) is 15.7. The SMILES string of the molecule is CN=C(NCC1(c2ccccc2)CCOCC1)NC1CCN(Cc2ccccc2)C(C)C1.I.